The van der Waals surface area contributed by atoms with Crippen LogP contribution in [0, 0.1) is 0 Å². The molecule has 2 N–H and O–H groups in total. The predicted molar refractivity (Wildman–Crippen MR) is 62.0 cm³/mol. The van der Waals surface area contributed by atoms with Gasteiger partial charge in [0, 0.05) is 14.7 Å². The van der Waals surface area contributed by atoms with Gasteiger partial charge in [0.05, 0.1) is 0 Å². The maximum Gasteiger partial charge on any atom is 0.240 e. The monoisotopic (exact) mass is 297 g/mol. The number of hydrogen-bond acceptors (Lipinski definition) is 3. The molecule has 0 aliphatic heterocycles. The molecule has 0 radical (unpaired) electrons. The first-order valence-corrected chi connectivity index (χ1v) is 7.47. The van der Waals surface area contributed by atoms with Gasteiger partial charge in [0.15, 0.2) is 0 Å². The van der Waals surface area contributed by atoms with Crippen LogP contribution in [0.2, 0.25) is 0 Å². The molecule has 0 amide bonds. The molecule has 0 aliphatic carbocycles. The van der Waals surface area contributed by atoms with Gasteiger partial charge < -0.3 is 0 Å². The maximum atomic E-state index is 11.3. The Balaban J connectivity index is 3.07. The van der Waals surface area contributed by atoms with Crippen molar-refractivity contribution in [3.8, 4) is 0 Å². The van der Waals surface area contributed by atoms with E-state index >= 15 is 0 Å². The van der Waals surface area contributed by atoms with Gasteiger partial charge in [-0.05, 0) is 28.8 Å². The van der Waals surface area contributed by atoms with Gasteiger partial charge in [-0.15, -0.1) is 11.3 Å². The summed E-state index contributed by atoms with van der Waals surface area (Å²) in [4.78, 5) is 1.11. The minimum atomic E-state index is -3.59. The fourth-order valence-electron chi connectivity index (χ4n) is 1.17. The summed E-state index contributed by atoms with van der Waals surface area (Å²) in [6.07, 6.45) is 2.80. The van der Waals surface area contributed by atoms with E-state index < -0.39 is 10.0 Å². The van der Waals surface area contributed by atoms with E-state index in [1.54, 1.807) is 5.38 Å². The fourth-order valence-corrected chi connectivity index (χ4v) is 4.66. The number of hydrogen-bond donors (Lipinski definition) is 1. The quantitative estimate of drug-likeness (QED) is 0.928. The minimum Gasteiger partial charge on any atom is -0.225 e. The summed E-state index contributed by atoms with van der Waals surface area (Å²) in [7, 11) is -3.59. The highest BCUT2D eigenvalue weighted by molar-refractivity contribution is 9.10. The first kappa shape index (κ1) is 12.2. The summed E-state index contributed by atoms with van der Waals surface area (Å²) < 4.78 is 23.1. The van der Waals surface area contributed by atoms with Gasteiger partial charge in [0.25, 0.3) is 0 Å². The van der Waals surface area contributed by atoms with Gasteiger partial charge in [-0.25, -0.2) is 13.6 Å². The smallest absolute Gasteiger partial charge is 0.225 e. The minimum absolute atomic E-state index is 0.260. The summed E-state index contributed by atoms with van der Waals surface area (Å²) in [5.74, 6) is 0. The van der Waals surface area contributed by atoms with Gasteiger partial charge >= 0.3 is 0 Å². The Bertz CT molecular complexity index is 411. The van der Waals surface area contributed by atoms with Crippen LogP contribution >= 0.6 is 27.3 Å². The Hall–Kier alpha value is 0.0900. The van der Waals surface area contributed by atoms with E-state index in [-0.39, 0.29) is 4.90 Å². The topological polar surface area (TPSA) is 60.2 Å². The molecule has 0 fully saturated rings. The zero-order chi connectivity index (χ0) is 10.8. The number of rotatable bonds is 4. The van der Waals surface area contributed by atoms with Crippen LogP contribution in [0.5, 0.6) is 0 Å². The van der Waals surface area contributed by atoms with E-state index in [1.807, 2.05) is 0 Å². The third kappa shape index (κ3) is 2.79. The molecule has 0 spiro atoms. The van der Waals surface area contributed by atoms with Crippen molar-refractivity contribution in [1.29, 1.82) is 0 Å². The molecule has 1 rings (SSSR count). The summed E-state index contributed by atoms with van der Waals surface area (Å²) in [5.41, 5.74) is 0. The van der Waals surface area contributed by atoms with Crippen LogP contribution in [0.1, 0.15) is 24.6 Å². The van der Waals surface area contributed by atoms with Gasteiger partial charge in [-0.2, -0.15) is 0 Å². The first-order valence-electron chi connectivity index (χ1n) is 4.25. The lowest BCUT2D eigenvalue weighted by Gasteiger charge is -2.01. The predicted octanol–water partition coefficient (Wildman–Crippen LogP) is 2.50. The number of primary sulfonamides is 1. The zero-order valence-corrected chi connectivity index (χ0v) is 11.0. The SMILES string of the molecule is CCCCc1scc(Br)c1S(N)(=O)=O. The van der Waals surface area contributed by atoms with Crippen molar-refractivity contribution < 1.29 is 8.42 Å². The third-order valence-corrected chi connectivity index (χ3v) is 5.22. The molecule has 0 aliphatic rings. The van der Waals surface area contributed by atoms with E-state index in [0.29, 0.717) is 4.47 Å². The number of unbranched alkanes of at least 4 members (excludes halogenated alkanes) is 1. The largest absolute Gasteiger partial charge is 0.240 e. The third-order valence-electron chi connectivity index (χ3n) is 1.82. The fraction of sp³-hybridized carbons (Fsp3) is 0.500. The van der Waals surface area contributed by atoms with Gasteiger partial charge in [-0.3, -0.25) is 0 Å². The normalized spacial score (nSPS) is 11.9. The van der Waals surface area contributed by atoms with E-state index in [0.717, 1.165) is 24.1 Å². The average molecular weight is 298 g/mol. The first-order chi connectivity index (χ1) is 6.46. The van der Waals surface area contributed by atoms with Crippen molar-refractivity contribution in [2.24, 2.45) is 5.14 Å². The molecular formula is C8H12BrNO2S2. The molecule has 0 saturated carbocycles. The van der Waals surface area contributed by atoms with E-state index in [4.69, 9.17) is 5.14 Å². The van der Waals surface area contributed by atoms with E-state index in [1.165, 1.54) is 11.3 Å². The molecule has 6 heteroatoms. The second-order valence-corrected chi connectivity index (χ2v) is 6.30. The molecule has 0 atom stereocenters. The number of sulfonamides is 1. The van der Waals surface area contributed by atoms with Gasteiger partial charge in [0.1, 0.15) is 4.90 Å². The number of halogens is 1. The van der Waals surface area contributed by atoms with Crippen LogP contribution in [0.15, 0.2) is 14.7 Å². The number of thiophene rings is 1. The van der Waals surface area contributed by atoms with Crippen LogP contribution in [-0.2, 0) is 16.4 Å². The van der Waals surface area contributed by atoms with Crippen LogP contribution in [-0.4, -0.2) is 8.42 Å². The molecule has 1 aromatic rings. The lowest BCUT2D eigenvalue weighted by Crippen LogP contribution is -2.13. The average Bonchev–Trinajstić information content (AvgIpc) is 2.42. The number of aryl methyl sites for hydroxylation is 1. The Morgan fingerprint density at radius 2 is 2.21 bits per heavy atom. The molecule has 3 nitrogen and oxygen atoms in total. The molecule has 14 heavy (non-hydrogen) atoms. The van der Waals surface area contributed by atoms with Crippen molar-refractivity contribution in [3.63, 3.8) is 0 Å². The van der Waals surface area contributed by atoms with Gasteiger partial charge in [-0.1, -0.05) is 13.3 Å². The Kier molecular flexibility index (Phi) is 4.12. The molecular weight excluding hydrogens is 286 g/mol. The number of nitrogens with two attached hydrogens (primary N) is 1. The van der Waals surface area contributed by atoms with E-state index in [9.17, 15) is 8.42 Å². The molecule has 0 unspecified atom stereocenters. The highest BCUT2D eigenvalue weighted by atomic mass is 79.9. The highest BCUT2D eigenvalue weighted by Crippen LogP contribution is 2.31. The maximum absolute atomic E-state index is 11.3. The molecule has 80 valence electrons. The molecule has 0 aromatic carbocycles. The summed E-state index contributed by atoms with van der Waals surface area (Å²) in [5, 5.41) is 6.89. The Morgan fingerprint density at radius 1 is 1.57 bits per heavy atom. The van der Waals surface area contributed by atoms with Crippen LogP contribution in [0.4, 0.5) is 0 Å². The second-order valence-electron chi connectivity index (χ2n) is 2.98. The zero-order valence-electron chi connectivity index (χ0n) is 7.79. The van der Waals surface area contributed by atoms with Crippen LogP contribution in [0.25, 0.3) is 0 Å². The van der Waals surface area contributed by atoms with Crippen molar-refractivity contribution in [2.45, 2.75) is 31.1 Å². The van der Waals surface area contributed by atoms with Crippen molar-refractivity contribution in [2.75, 3.05) is 0 Å². The Morgan fingerprint density at radius 3 is 2.71 bits per heavy atom. The lowest BCUT2D eigenvalue weighted by atomic mass is 10.2. The summed E-state index contributed by atoms with van der Waals surface area (Å²) in [6.45, 7) is 2.07. The standard InChI is InChI=1S/C8H12BrNO2S2/c1-2-3-4-7-8(14(10,11)12)6(9)5-13-7/h5H,2-4H2,1H3,(H2,10,11,12). The second kappa shape index (κ2) is 4.74. The van der Waals surface area contributed by atoms with Crippen LogP contribution < -0.4 is 5.14 Å². The van der Waals surface area contributed by atoms with Crippen molar-refractivity contribution in [3.05, 3.63) is 14.7 Å². The van der Waals surface area contributed by atoms with Crippen molar-refractivity contribution >= 4 is 37.3 Å². The molecule has 1 aromatic heterocycles. The molecule has 1 heterocycles. The van der Waals surface area contributed by atoms with Gasteiger partial charge in [0.2, 0.25) is 10.0 Å². The lowest BCUT2D eigenvalue weighted by molar-refractivity contribution is 0.596. The van der Waals surface area contributed by atoms with Crippen LogP contribution in [0.3, 0.4) is 0 Å². The highest BCUT2D eigenvalue weighted by Gasteiger charge is 2.19. The summed E-state index contributed by atoms with van der Waals surface area (Å²) >= 11 is 4.63. The van der Waals surface area contributed by atoms with E-state index in [2.05, 4.69) is 22.9 Å². The summed E-state index contributed by atoms with van der Waals surface area (Å²) in [6, 6.07) is 0. The molecule has 0 saturated heterocycles. The Labute approximate surface area is 96.5 Å². The molecule has 0 bridgehead atoms. The van der Waals surface area contributed by atoms with Crippen molar-refractivity contribution in [1.82, 2.24) is 0 Å².